The highest BCUT2D eigenvalue weighted by Gasteiger charge is 2.10. The van der Waals surface area contributed by atoms with Crippen LogP contribution in [0.4, 0.5) is 5.69 Å². The highest BCUT2D eigenvalue weighted by Crippen LogP contribution is 2.13. The lowest BCUT2D eigenvalue weighted by molar-refractivity contribution is -0.115. The Morgan fingerprint density at radius 3 is 2.59 bits per heavy atom. The summed E-state index contributed by atoms with van der Waals surface area (Å²) in [6.45, 7) is 6.85. The number of carbonyl (C=O) groups is 2. The van der Waals surface area contributed by atoms with E-state index in [2.05, 4.69) is 24.5 Å². The van der Waals surface area contributed by atoms with Gasteiger partial charge < -0.3 is 10.6 Å². The monoisotopic (exact) mass is 304 g/mol. The first kappa shape index (κ1) is 18.2. The van der Waals surface area contributed by atoms with E-state index in [-0.39, 0.29) is 11.8 Å². The second-order valence-corrected chi connectivity index (χ2v) is 5.61. The Bertz CT molecular complexity index is 486. The van der Waals surface area contributed by atoms with Crippen LogP contribution in [0.15, 0.2) is 24.3 Å². The second kappa shape index (κ2) is 9.98. The third-order valence-electron chi connectivity index (χ3n) is 3.82. The predicted octanol–water partition coefficient (Wildman–Crippen LogP) is 3.98. The number of nitrogens with one attached hydrogen (secondary N) is 2. The maximum Gasteiger partial charge on any atom is 0.251 e. The van der Waals surface area contributed by atoms with Gasteiger partial charge in [-0.25, -0.2) is 0 Å². The lowest BCUT2D eigenvalue weighted by Gasteiger charge is -2.15. The molecule has 0 aromatic heterocycles. The summed E-state index contributed by atoms with van der Waals surface area (Å²) in [6, 6.07) is 7.06. The number of unbranched alkanes of at least 4 members (excludes halogenated alkanes) is 1. The van der Waals surface area contributed by atoms with Crippen LogP contribution in [-0.2, 0) is 4.79 Å². The molecule has 0 saturated carbocycles. The highest BCUT2D eigenvalue weighted by molar-refractivity contribution is 5.97. The van der Waals surface area contributed by atoms with E-state index < -0.39 is 0 Å². The van der Waals surface area contributed by atoms with Crippen molar-refractivity contribution in [3.05, 3.63) is 29.8 Å². The van der Waals surface area contributed by atoms with Gasteiger partial charge in [-0.3, -0.25) is 9.59 Å². The molecule has 0 aliphatic rings. The molecule has 22 heavy (non-hydrogen) atoms. The summed E-state index contributed by atoms with van der Waals surface area (Å²) < 4.78 is 0. The molecule has 1 aromatic rings. The number of hydrogen-bond donors (Lipinski definition) is 2. The third kappa shape index (κ3) is 6.29. The SMILES string of the molecule is CCCCC(CC)CNC(=O)c1cccc(NC(=O)CC)c1. The highest BCUT2D eigenvalue weighted by atomic mass is 16.2. The number of anilines is 1. The molecule has 0 aliphatic heterocycles. The van der Waals surface area contributed by atoms with Crippen LogP contribution in [0, 0.1) is 5.92 Å². The van der Waals surface area contributed by atoms with Gasteiger partial charge in [0.1, 0.15) is 0 Å². The Labute approximate surface area is 133 Å². The summed E-state index contributed by atoms with van der Waals surface area (Å²) in [5.41, 5.74) is 1.25. The topological polar surface area (TPSA) is 58.2 Å². The van der Waals surface area contributed by atoms with E-state index in [1.165, 1.54) is 12.8 Å². The zero-order valence-electron chi connectivity index (χ0n) is 13.9. The minimum absolute atomic E-state index is 0.0526. The Kier molecular flexibility index (Phi) is 8.26. The zero-order chi connectivity index (χ0) is 16.4. The molecule has 1 unspecified atom stereocenters. The molecule has 0 saturated heterocycles. The molecule has 0 heterocycles. The molecule has 1 aromatic carbocycles. The van der Waals surface area contributed by atoms with Crippen molar-refractivity contribution in [2.24, 2.45) is 5.92 Å². The molecule has 2 N–H and O–H groups in total. The van der Waals surface area contributed by atoms with E-state index in [9.17, 15) is 9.59 Å². The van der Waals surface area contributed by atoms with Crippen molar-refractivity contribution in [3.8, 4) is 0 Å². The smallest absolute Gasteiger partial charge is 0.251 e. The van der Waals surface area contributed by atoms with Crippen molar-refractivity contribution < 1.29 is 9.59 Å². The molecule has 0 fully saturated rings. The van der Waals surface area contributed by atoms with E-state index in [1.807, 2.05) is 0 Å². The molecular weight excluding hydrogens is 276 g/mol. The number of amides is 2. The van der Waals surface area contributed by atoms with E-state index in [0.29, 0.717) is 30.1 Å². The number of carbonyl (C=O) groups excluding carboxylic acids is 2. The molecule has 0 aliphatic carbocycles. The van der Waals surface area contributed by atoms with E-state index in [1.54, 1.807) is 31.2 Å². The molecule has 0 radical (unpaired) electrons. The average molecular weight is 304 g/mol. The standard InChI is InChI=1S/C18H28N2O2/c1-4-7-9-14(5-2)13-19-18(22)15-10-8-11-16(12-15)20-17(21)6-3/h8,10-12,14H,4-7,9,13H2,1-3H3,(H,19,22)(H,20,21). The first-order valence-electron chi connectivity index (χ1n) is 8.28. The van der Waals surface area contributed by atoms with Crippen LogP contribution in [0.5, 0.6) is 0 Å². The lowest BCUT2D eigenvalue weighted by Crippen LogP contribution is -2.29. The summed E-state index contributed by atoms with van der Waals surface area (Å²) in [5, 5.41) is 5.77. The van der Waals surface area contributed by atoms with Gasteiger partial charge in [0.05, 0.1) is 0 Å². The Hall–Kier alpha value is -1.84. The van der Waals surface area contributed by atoms with Crippen LogP contribution in [-0.4, -0.2) is 18.4 Å². The molecule has 2 amide bonds. The molecule has 0 spiro atoms. The fraction of sp³-hybridized carbons (Fsp3) is 0.556. The van der Waals surface area contributed by atoms with Crippen molar-refractivity contribution in [1.82, 2.24) is 5.32 Å². The molecule has 4 nitrogen and oxygen atoms in total. The molecule has 1 rings (SSSR count). The summed E-state index contributed by atoms with van der Waals surface area (Å²) >= 11 is 0. The van der Waals surface area contributed by atoms with Crippen molar-refractivity contribution >= 4 is 17.5 Å². The van der Waals surface area contributed by atoms with Gasteiger partial charge in [-0.15, -0.1) is 0 Å². The van der Waals surface area contributed by atoms with Gasteiger partial charge in [0.2, 0.25) is 5.91 Å². The maximum absolute atomic E-state index is 12.2. The van der Waals surface area contributed by atoms with Gasteiger partial charge >= 0.3 is 0 Å². The van der Waals surface area contributed by atoms with Crippen molar-refractivity contribution in [1.29, 1.82) is 0 Å². The Morgan fingerprint density at radius 1 is 1.18 bits per heavy atom. The first-order valence-corrected chi connectivity index (χ1v) is 8.28. The van der Waals surface area contributed by atoms with Crippen molar-refractivity contribution in [2.45, 2.75) is 52.9 Å². The van der Waals surface area contributed by atoms with Crippen LogP contribution < -0.4 is 10.6 Å². The van der Waals surface area contributed by atoms with Gasteiger partial charge in [0.25, 0.3) is 5.91 Å². The normalized spacial score (nSPS) is 11.8. The average Bonchev–Trinajstić information content (AvgIpc) is 2.54. The molecule has 0 bridgehead atoms. The minimum Gasteiger partial charge on any atom is -0.352 e. The molecule has 4 heteroatoms. The van der Waals surface area contributed by atoms with Gasteiger partial charge in [0.15, 0.2) is 0 Å². The van der Waals surface area contributed by atoms with Crippen LogP contribution in [0.25, 0.3) is 0 Å². The summed E-state index contributed by atoms with van der Waals surface area (Å²) in [7, 11) is 0. The minimum atomic E-state index is -0.0810. The Balaban J connectivity index is 2.57. The summed E-state index contributed by atoms with van der Waals surface area (Å²) in [6.07, 6.45) is 5.04. The van der Waals surface area contributed by atoms with E-state index in [0.717, 1.165) is 12.8 Å². The van der Waals surface area contributed by atoms with Gasteiger partial charge in [-0.05, 0) is 30.5 Å². The van der Waals surface area contributed by atoms with Crippen molar-refractivity contribution in [3.63, 3.8) is 0 Å². The second-order valence-electron chi connectivity index (χ2n) is 5.61. The van der Waals surface area contributed by atoms with E-state index >= 15 is 0 Å². The van der Waals surface area contributed by atoms with Crippen LogP contribution >= 0.6 is 0 Å². The third-order valence-corrected chi connectivity index (χ3v) is 3.82. The van der Waals surface area contributed by atoms with Crippen LogP contribution in [0.2, 0.25) is 0 Å². The lowest BCUT2D eigenvalue weighted by atomic mass is 9.99. The Morgan fingerprint density at radius 2 is 1.95 bits per heavy atom. The number of benzene rings is 1. The van der Waals surface area contributed by atoms with Crippen LogP contribution in [0.1, 0.15) is 63.2 Å². The summed E-state index contributed by atoms with van der Waals surface area (Å²) in [4.78, 5) is 23.6. The van der Waals surface area contributed by atoms with Gasteiger partial charge in [0, 0.05) is 24.2 Å². The van der Waals surface area contributed by atoms with Gasteiger partial charge in [-0.2, -0.15) is 0 Å². The quantitative estimate of drug-likeness (QED) is 0.725. The number of hydrogen-bond acceptors (Lipinski definition) is 2. The van der Waals surface area contributed by atoms with Crippen LogP contribution in [0.3, 0.4) is 0 Å². The molecule has 1 atom stereocenters. The molecule has 122 valence electrons. The first-order chi connectivity index (χ1) is 10.6. The number of rotatable bonds is 9. The van der Waals surface area contributed by atoms with Gasteiger partial charge in [-0.1, -0.05) is 46.1 Å². The largest absolute Gasteiger partial charge is 0.352 e. The summed E-state index contributed by atoms with van der Waals surface area (Å²) in [5.74, 6) is 0.401. The zero-order valence-corrected chi connectivity index (χ0v) is 13.9. The fourth-order valence-electron chi connectivity index (χ4n) is 2.27. The fourth-order valence-corrected chi connectivity index (χ4v) is 2.27. The van der Waals surface area contributed by atoms with Crippen molar-refractivity contribution in [2.75, 3.05) is 11.9 Å². The van der Waals surface area contributed by atoms with E-state index in [4.69, 9.17) is 0 Å². The maximum atomic E-state index is 12.2. The predicted molar refractivity (Wildman–Crippen MR) is 91.0 cm³/mol. The molecular formula is C18H28N2O2.